The Labute approximate surface area is 171 Å². The molecule has 2 heterocycles. The van der Waals surface area contributed by atoms with E-state index < -0.39 is 12.2 Å². The van der Waals surface area contributed by atoms with Crippen LogP contribution in [0, 0.1) is 0 Å². The van der Waals surface area contributed by atoms with Crippen molar-refractivity contribution in [2.24, 2.45) is 0 Å². The predicted molar refractivity (Wildman–Crippen MR) is 114 cm³/mol. The average molecular weight is 405 g/mol. The van der Waals surface area contributed by atoms with Crippen molar-refractivity contribution in [2.75, 3.05) is 13.1 Å². The number of nitrogens with zero attached hydrogens (tertiary/aromatic N) is 2. The Bertz CT molecular complexity index is 803. The Morgan fingerprint density at radius 2 is 1.50 bits per heavy atom. The number of thiazole rings is 1. The van der Waals surface area contributed by atoms with Crippen LogP contribution in [-0.2, 0) is 17.4 Å². The third-order valence-electron chi connectivity index (χ3n) is 5.27. The van der Waals surface area contributed by atoms with E-state index in [2.05, 4.69) is 41.5 Å². The summed E-state index contributed by atoms with van der Waals surface area (Å²) in [5.41, 5.74) is 3.40. The molecule has 0 saturated carbocycles. The van der Waals surface area contributed by atoms with Gasteiger partial charge in [0.1, 0.15) is 10.8 Å². The van der Waals surface area contributed by atoms with Gasteiger partial charge in [-0.25, -0.2) is 4.98 Å². The van der Waals surface area contributed by atoms with Crippen LogP contribution in [0.1, 0.15) is 57.7 Å². The summed E-state index contributed by atoms with van der Waals surface area (Å²) < 4.78 is 0. The van der Waals surface area contributed by atoms with Crippen LogP contribution in [0.3, 0.4) is 0 Å². The zero-order valence-corrected chi connectivity index (χ0v) is 18.5. The molecule has 1 fully saturated rings. The number of phenols is 1. The second-order valence-electron chi connectivity index (χ2n) is 9.88. The monoisotopic (exact) mass is 404 g/mol. The molecule has 1 aromatic carbocycles. The number of aromatic nitrogens is 1. The Kier molecular flexibility index (Phi) is 5.62. The molecule has 0 aliphatic carbocycles. The van der Waals surface area contributed by atoms with Crippen molar-refractivity contribution in [3.8, 4) is 17.0 Å². The summed E-state index contributed by atoms with van der Waals surface area (Å²) in [4.78, 5) is 6.83. The minimum atomic E-state index is -0.680. The number of rotatable bonds is 3. The maximum Gasteiger partial charge on any atom is 0.123 e. The van der Waals surface area contributed by atoms with Crippen LogP contribution in [0.15, 0.2) is 17.5 Å². The van der Waals surface area contributed by atoms with Gasteiger partial charge in [0, 0.05) is 35.2 Å². The van der Waals surface area contributed by atoms with Crippen LogP contribution < -0.4 is 0 Å². The van der Waals surface area contributed by atoms with E-state index in [0.29, 0.717) is 25.4 Å². The molecule has 2 unspecified atom stereocenters. The predicted octanol–water partition coefficient (Wildman–Crippen LogP) is 3.65. The van der Waals surface area contributed by atoms with Gasteiger partial charge in [0.05, 0.1) is 24.4 Å². The number of phenolic OH excluding ortho intramolecular Hbond substituents is 1. The number of aliphatic hydroxyl groups excluding tert-OH is 2. The van der Waals surface area contributed by atoms with Gasteiger partial charge in [0.25, 0.3) is 0 Å². The number of hydrogen-bond acceptors (Lipinski definition) is 6. The maximum atomic E-state index is 10.9. The van der Waals surface area contributed by atoms with Crippen molar-refractivity contribution in [3.63, 3.8) is 0 Å². The third kappa shape index (κ3) is 4.40. The topological polar surface area (TPSA) is 76.8 Å². The van der Waals surface area contributed by atoms with Gasteiger partial charge in [-0.2, -0.15) is 0 Å². The average Bonchev–Trinajstić information content (AvgIpc) is 3.12. The van der Waals surface area contributed by atoms with E-state index in [9.17, 15) is 15.3 Å². The van der Waals surface area contributed by atoms with E-state index in [1.165, 1.54) is 0 Å². The molecule has 1 aliphatic heterocycles. The molecule has 2 aromatic rings. The number of aliphatic hydroxyl groups is 2. The van der Waals surface area contributed by atoms with E-state index in [-0.39, 0.29) is 10.8 Å². The lowest BCUT2D eigenvalue weighted by Crippen LogP contribution is -2.22. The summed E-state index contributed by atoms with van der Waals surface area (Å²) in [5, 5.41) is 33.4. The highest BCUT2D eigenvalue weighted by atomic mass is 32.1. The van der Waals surface area contributed by atoms with Gasteiger partial charge in [-0.05, 0) is 23.0 Å². The lowest BCUT2D eigenvalue weighted by molar-refractivity contribution is 0.0572. The zero-order valence-electron chi connectivity index (χ0n) is 17.7. The van der Waals surface area contributed by atoms with Crippen LogP contribution in [0.4, 0.5) is 0 Å². The number of likely N-dealkylation sites (tertiary alicyclic amines) is 1. The second-order valence-corrected chi connectivity index (χ2v) is 10.8. The Balaban J connectivity index is 1.95. The second kappa shape index (κ2) is 7.41. The molecule has 1 saturated heterocycles. The summed E-state index contributed by atoms with van der Waals surface area (Å²) >= 11 is 1.59. The van der Waals surface area contributed by atoms with E-state index in [1.54, 1.807) is 11.3 Å². The van der Waals surface area contributed by atoms with Gasteiger partial charge in [0.15, 0.2) is 0 Å². The maximum absolute atomic E-state index is 10.9. The van der Waals surface area contributed by atoms with Crippen molar-refractivity contribution in [1.29, 1.82) is 0 Å². The third-order valence-corrected chi connectivity index (χ3v) is 6.10. The summed E-state index contributed by atoms with van der Waals surface area (Å²) in [6.45, 7) is 14.2. The molecule has 3 rings (SSSR count). The molecule has 1 aliphatic rings. The molecule has 0 amide bonds. The summed E-state index contributed by atoms with van der Waals surface area (Å²) in [5.74, 6) is 0.374. The highest BCUT2D eigenvalue weighted by molar-refractivity contribution is 7.09. The molecule has 1 aromatic heterocycles. The quantitative estimate of drug-likeness (QED) is 0.728. The smallest absolute Gasteiger partial charge is 0.123 e. The molecule has 0 bridgehead atoms. The van der Waals surface area contributed by atoms with Gasteiger partial charge in [-0.15, -0.1) is 11.3 Å². The molecule has 28 heavy (non-hydrogen) atoms. The fourth-order valence-corrected chi connectivity index (χ4v) is 4.45. The van der Waals surface area contributed by atoms with E-state index in [0.717, 1.165) is 27.4 Å². The van der Waals surface area contributed by atoms with E-state index in [4.69, 9.17) is 4.98 Å². The van der Waals surface area contributed by atoms with Crippen LogP contribution >= 0.6 is 11.3 Å². The highest BCUT2D eigenvalue weighted by Gasteiger charge is 2.30. The molecule has 5 nitrogen and oxygen atoms in total. The van der Waals surface area contributed by atoms with Crippen LogP contribution in [-0.4, -0.2) is 50.5 Å². The minimum Gasteiger partial charge on any atom is -0.507 e. The van der Waals surface area contributed by atoms with Crippen molar-refractivity contribution in [1.82, 2.24) is 9.88 Å². The van der Waals surface area contributed by atoms with Crippen molar-refractivity contribution in [2.45, 2.75) is 71.1 Å². The van der Waals surface area contributed by atoms with Crippen molar-refractivity contribution >= 4 is 11.3 Å². The van der Waals surface area contributed by atoms with Crippen LogP contribution in [0.2, 0.25) is 0 Å². The number of β-amino-alcohol motifs (C(OH)–C–C–N with tert-alkyl or cyclic N) is 2. The first-order valence-corrected chi connectivity index (χ1v) is 10.7. The summed E-state index contributed by atoms with van der Waals surface area (Å²) in [6.07, 6.45) is -1.36. The fraction of sp³-hybridized carbons (Fsp3) is 0.591. The first-order chi connectivity index (χ1) is 12.9. The summed E-state index contributed by atoms with van der Waals surface area (Å²) in [7, 11) is 0. The summed E-state index contributed by atoms with van der Waals surface area (Å²) in [6, 6.07) is 4.10. The molecule has 3 N–H and O–H groups in total. The number of aromatic hydroxyl groups is 1. The SMILES string of the molecule is CC(C)(C)c1cc(-c2csc(CN3CC(O)C(O)C3)n2)cc(C(C)(C)C)c1O. The first-order valence-electron chi connectivity index (χ1n) is 9.77. The molecule has 0 spiro atoms. The first kappa shape index (κ1) is 21.2. The molecular formula is C22H32N2O3S. The van der Waals surface area contributed by atoms with Crippen molar-refractivity contribution < 1.29 is 15.3 Å². The molecule has 0 radical (unpaired) electrons. The Hall–Kier alpha value is -1.47. The number of benzene rings is 1. The highest BCUT2D eigenvalue weighted by Crippen LogP contribution is 2.42. The number of hydrogen-bond donors (Lipinski definition) is 3. The minimum absolute atomic E-state index is 0.180. The molecule has 154 valence electrons. The van der Waals surface area contributed by atoms with Crippen LogP contribution in [0.5, 0.6) is 5.75 Å². The largest absolute Gasteiger partial charge is 0.507 e. The van der Waals surface area contributed by atoms with Gasteiger partial charge in [-0.3, -0.25) is 4.90 Å². The molecule has 2 atom stereocenters. The molecular weight excluding hydrogens is 372 g/mol. The Morgan fingerprint density at radius 1 is 1.00 bits per heavy atom. The van der Waals surface area contributed by atoms with Crippen molar-refractivity contribution in [3.05, 3.63) is 33.6 Å². The Morgan fingerprint density at radius 3 is 1.96 bits per heavy atom. The van der Waals surface area contributed by atoms with Gasteiger partial charge >= 0.3 is 0 Å². The zero-order chi connectivity index (χ0) is 20.9. The lowest BCUT2D eigenvalue weighted by Gasteiger charge is -2.28. The van der Waals surface area contributed by atoms with Gasteiger partial charge in [-0.1, -0.05) is 41.5 Å². The van der Waals surface area contributed by atoms with E-state index >= 15 is 0 Å². The van der Waals surface area contributed by atoms with E-state index in [1.807, 2.05) is 22.4 Å². The van der Waals surface area contributed by atoms with Crippen LogP contribution in [0.25, 0.3) is 11.3 Å². The normalized spacial score (nSPS) is 21.4. The standard InChI is InChI=1S/C22H32N2O3S/c1-21(2,3)14-7-13(8-15(20(14)27)22(4,5)6)16-12-28-19(23-16)11-24-9-17(25)18(26)10-24/h7-8,12,17-18,25-27H,9-11H2,1-6H3. The van der Waals surface area contributed by atoms with Gasteiger partial charge < -0.3 is 15.3 Å². The fourth-order valence-electron chi connectivity index (χ4n) is 3.61. The molecule has 6 heteroatoms. The lowest BCUT2D eigenvalue weighted by atomic mass is 9.78. The van der Waals surface area contributed by atoms with Gasteiger partial charge in [0.2, 0.25) is 0 Å².